The molecule has 2 rings (SSSR count). The Hall–Kier alpha value is -1.16. The number of amides is 1. The van der Waals surface area contributed by atoms with Crippen molar-refractivity contribution < 1.29 is 4.79 Å². The fourth-order valence-corrected chi connectivity index (χ4v) is 2.39. The van der Waals surface area contributed by atoms with Gasteiger partial charge in [0.2, 0.25) is 5.91 Å². The Morgan fingerprint density at radius 3 is 2.81 bits per heavy atom. The van der Waals surface area contributed by atoms with Crippen LogP contribution in [0.5, 0.6) is 0 Å². The van der Waals surface area contributed by atoms with Gasteiger partial charge in [0.15, 0.2) is 0 Å². The van der Waals surface area contributed by atoms with Crippen molar-refractivity contribution in [3.8, 4) is 0 Å². The topological polar surface area (TPSA) is 55.1 Å². The number of carbonyl (C=O) groups is 1. The molecular formula is C12H16N2OS. The molecule has 86 valence electrons. The van der Waals surface area contributed by atoms with Crippen LogP contribution in [0.3, 0.4) is 0 Å². The number of primary amides is 1. The van der Waals surface area contributed by atoms with E-state index in [1.54, 1.807) is 0 Å². The fourth-order valence-electron chi connectivity index (χ4n) is 1.63. The second-order valence-electron chi connectivity index (χ2n) is 4.02. The fraction of sp³-hybridized carbons (Fsp3) is 0.417. The largest absolute Gasteiger partial charge is 0.381 e. The first-order valence-electron chi connectivity index (χ1n) is 5.52. The van der Waals surface area contributed by atoms with Gasteiger partial charge in [-0.25, -0.2) is 0 Å². The van der Waals surface area contributed by atoms with E-state index in [0.29, 0.717) is 11.8 Å². The molecular weight excluding hydrogens is 220 g/mol. The molecule has 1 fully saturated rings. The molecule has 3 N–H and O–H groups in total. The molecule has 16 heavy (non-hydrogen) atoms. The van der Waals surface area contributed by atoms with Crippen molar-refractivity contribution in [1.29, 1.82) is 0 Å². The second-order valence-corrected chi connectivity index (χ2v) is 5.04. The number of nitrogens with one attached hydrogen (secondary N) is 1. The Labute approximate surface area is 99.8 Å². The van der Waals surface area contributed by atoms with Gasteiger partial charge in [0.25, 0.3) is 0 Å². The van der Waals surface area contributed by atoms with E-state index in [1.165, 1.54) is 31.0 Å². The van der Waals surface area contributed by atoms with Crippen molar-refractivity contribution in [2.45, 2.75) is 30.2 Å². The minimum absolute atomic E-state index is 0.275. The highest BCUT2D eigenvalue weighted by atomic mass is 32.2. The molecule has 0 aromatic heterocycles. The number of thioether (sulfide) groups is 1. The molecule has 0 atom stereocenters. The summed E-state index contributed by atoms with van der Waals surface area (Å²) in [5, 5.41) is 3.50. The molecule has 1 aliphatic rings. The molecule has 1 aromatic carbocycles. The van der Waals surface area contributed by atoms with E-state index in [2.05, 4.69) is 11.4 Å². The van der Waals surface area contributed by atoms with Gasteiger partial charge in [-0.1, -0.05) is 12.1 Å². The van der Waals surface area contributed by atoms with Crippen LogP contribution in [0.4, 0.5) is 5.69 Å². The zero-order valence-electron chi connectivity index (χ0n) is 9.11. The molecule has 0 spiro atoms. The minimum Gasteiger partial charge on any atom is -0.381 e. The Kier molecular flexibility index (Phi) is 3.72. The minimum atomic E-state index is -0.275. The molecule has 0 bridgehead atoms. The maximum Gasteiger partial charge on any atom is 0.227 e. The third-order valence-corrected chi connectivity index (χ3v) is 3.82. The Morgan fingerprint density at radius 1 is 1.44 bits per heavy atom. The summed E-state index contributed by atoms with van der Waals surface area (Å²) in [4.78, 5) is 11.9. The summed E-state index contributed by atoms with van der Waals surface area (Å²) in [7, 11) is 0. The first-order chi connectivity index (χ1) is 7.75. The summed E-state index contributed by atoms with van der Waals surface area (Å²) in [6.07, 6.45) is 3.80. The van der Waals surface area contributed by atoms with E-state index >= 15 is 0 Å². The summed E-state index contributed by atoms with van der Waals surface area (Å²) >= 11 is 1.49. The van der Waals surface area contributed by atoms with Gasteiger partial charge >= 0.3 is 0 Å². The van der Waals surface area contributed by atoms with Crippen LogP contribution in [-0.2, 0) is 4.79 Å². The zero-order chi connectivity index (χ0) is 11.4. The van der Waals surface area contributed by atoms with Crippen LogP contribution in [0.1, 0.15) is 19.3 Å². The Bertz CT molecular complexity index is 377. The normalized spacial score (nSPS) is 15.5. The average molecular weight is 236 g/mol. The van der Waals surface area contributed by atoms with Gasteiger partial charge in [0.1, 0.15) is 0 Å². The lowest BCUT2D eigenvalue weighted by Crippen LogP contribution is -2.27. The number of hydrogen-bond acceptors (Lipinski definition) is 3. The van der Waals surface area contributed by atoms with Crippen LogP contribution < -0.4 is 11.1 Å². The molecule has 1 saturated carbocycles. The van der Waals surface area contributed by atoms with Crippen molar-refractivity contribution in [3.05, 3.63) is 24.3 Å². The molecule has 3 nitrogen and oxygen atoms in total. The number of anilines is 1. The number of hydrogen-bond donors (Lipinski definition) is 2. The maximum atomic E-state index is 10.8. The summed E-state index contributed by atoms with van der Waals surface area (Å²) in [6.45, 7) is 0. The van der Waals surface area contributed by atoms with Crippen molar-refractivity contribution in [3.63, 3.8) is 0 Å². The third-order valence-electron chi connectivity index (χ3n) is 2.72. The zero-order valence-corrected chi connectivity index (χ0v) is 9.93. The molecule has 4 heteroatoms. The van der Waals surface area contributed by atoms with Crippen molar-refractivity contribution in [2.24, 2.45) is 5.73 Å². The molecule has 0 aliphatic heterocycles. The monoisotopic (exact) mass is 236 g/mol. The first kappa shape index (κ1) is 11.3. The molecule has 0 saturated heterocycles. The lowest BCUT2D eigenvalue weighted by atomic mass is 9.93. The van der Waals surface area contributed by atoms with E-state index in [1.807, 2.05) is 18.2 Å². The third kappa shape index (κ3) is 2.92. The SMILES string of the molecule is NC(=O)CSc1ccccc1NC1CCC1. The highest BCUT2D eigenvalue weighted by Gasteiger charge is 2.17. The van der Waals surface area contributed by atoms with Crippen molar-refractivity contribution in [2.75, 3.05) is 11.1 Å². The highest BCUT2D eigenvalue weighted by molar-refractivity contribution is 8.00. The molecule has 0 heterocycles. The van der Waals surface area contributed by atoms with Crippen LogP contribution in [0.25, 0.3) is 0 Å². The van der Waals surface area contributed by atoms with Crippen molar-refractivity contribution in [1.82, 2.24) is 0 Å². The number of benzene rings is 1. The summed E-state index contributed by atoms with van der Waals surface area (Å²) in [5.74, 6) is 0.0621. The van der Waals surface area contributed by atoms with Gasteiger partial charge in [-0.3, -0.25) is 4.79 Å². The van der Waals surface area contributed by atoms with Crippen LogP contribution in [0, 0.1) is 0 Å². The quantitative estimate of drug-likeness (QED) is 0.771. The number of rotatable bonds is 5. The smallest absolute Gasteiger partial charge is 0.227 e. The van der Waals surface area contributed by atoms with E-state index < -0.39 is 0 Å². The first-order valence-corrected chi connectivity index (χ1v) is 6.51. The van der Waals surface area contributed by atoms with Gasteiger partial charge in [-0.05, 0) is 31.4 Å². The van der Waals surface area contributed by atoms with Crippen LogP contribution in [0.2, 0.25) is 0 Å². The molecule has 0 unspecified atom stereocenters. The predicted molar refractivity (Wildman–Crippen MR) is 67.6 cm³/mol. The van der Waals surface area contributed by atoms with E-state index in [9.17, 15) is 4.79 Å². The van der Waals surface area contributed by atoms with Gasteiger partial charge in [0, 0.05) is 16.6 Å². The van der Waals surface area contributed by atoms with Gasteiger partial charge in [0.05, 0.1) is 5.75 Å². The van der Waals surface area contributed by atoms with E-state index in [4.69, 9.17) is 5.73 Å². The van der Waals surface area contributed by atoms with Crippen LogP contribution >= 0.6 is 11.8 Å². The Morgan fingerprint density at radius 2 is 2.19 bits per heavy atom. The lowest BCUT2D eigenvalue weighted by molar-refractivity contribution is -0.115. The summed E-state index contributed by atoms with van der Waals surface area (Å²) in [5.41, 5.74) is 6.27. The van der Waals surface area contributed by atoms with Gasteiger partial charge in [-0.2, -0.15) is 0 Å². The predicted octanol–water partition coefficient (Wildman–Crippen LogP) is 2.23. The Balaban J connectivity index is 2.00. The maximum absolute atomic E-state index is 10.8. The number of carbonyl (C=O) groups excluding carboxylic acids is 1. The molecule has 1 amide bonds. The second kappa shape index (κ2) is 5.25. The highest BCUT2D eigenvalue weighted by Crippen LogP contribution is 2.30. The molecule has 1 aromatic rings. The van der Waals surface area contributed by atoms with E-state index in [-0.39, 0.29) is 5.91 Å². The van der Waals surface area contributed by atoms with Crippen molar-refractivity contribution >= 4 is 23.4 Å². The molecule has 0 radical (unpaired) electrons. The summed E-state index contributed by atoms with van der Waals surface area (Å²) in [6, 6.07) is 8.68. The van der Waals surface area contributed by atoms with Gasteiger partial charge < -0.3 is 11.1 Å². The van der Waals surface area contributed by atoms with Crippen LogP contribution in [0.15, 0.2) is 29.2 Å². The summed E-state index contributed by atoms with van der Waals surface area (Å²) < 4.78 is 0. The van der Waals surface area contributed by atoms with E-state index in [0.717, 1.165) is 10.6 Å². The molecule has 1 aliphatic carbocycles. The average Bonchev–Trinajstić information content (AvgIpc) is 2.22. The number of para-hydroxylation sites is 1. The van der Waals surface area contributed by atoms with Gasteiger partial charge in [-0.15, -0.1) is 11.8 Å². The standard InChI is InChI=1S/C12H16N2OS/c13-12(15)8-16-11-7-2-1-6-10(11)14-9-4-3-5-9/h1-2,6-7,9,14H,3-5,8H2,(H2,13,15). The lowest BCUT2D eigenvalue weighted by Gasteiger charge is -2.28. The number of nitrogens with two attached hydrogens (primary N) is 1. The van der Waals surface area contributed by atoms with Crippen LogP contribution in [-0.4, -0.2) is 17.7 Å².